The lowest BCUT2D eigenvalue weighted by molar-refractivity contribution is 0.0748. The second-order valence-electron chi connectivity index (χ2n) is 7.72. The third-order valence-corrected chi connectivity index (χ3v) is 5.48. The Morgan fingerprint density at radius 3 is 2.48 bits per heavy atom. The molecule has 0 bridgehead atoms. The van der Waals surface area contributed by atoms with E-state index < -0.39 is 0 Å². The first-order valence-corrected chi connectivity index (χ1v) is 10.2. The predicted molar refractivity (Wildman–Crippen MR) is 113 cm³/mol. The van der Waals surface area contributed by atoms with Crippen LogP contribution in [0.5, 0.6) is 0 Å². The Morgan fingerprint density at radius 2 is 1.76 bits per heavy atom. The van der Waals surface area contributed by atoms with Gasteiger partial charge in [-0.2, -0.15) is 0 Å². The van der Waals surface area contributed by atoms with E-state index in [2.05, 4.69) is 10.3 Å². The van der Waals surface area contributed by atoms with E-state index in [4.69, 9.17) is 0 Å². The summed E-state index contributed by atoms with van der Waals surface area (Å²) >= 11 is 0. The van der Waals surface area contributed by atoms with Crippen LogP contribution in [0.3, 0.4) is 0 Å². The van der Waals surface area contributed by atoms with Gasteiger partial charge in [-0.1, -0.05) is 36.6 Å². The maximum absolute atomic E-state index is 13.2. The van der Waals surface area contributed by atoms with Gasteiger partial charge in [-0.3, -0.25) is 14.0 Å². The summed E-state index contributed by atoms with van der Waals surface area (Å²) in [6, 6.07) is 11.4. The van der Waals surface area contributed by atoms with Crippen LogP contribution in [0.15, 0.2) is 42.6 Å². The summed E-state index contributed by atoms with van der Waals surface area (Å²) in [5.41, 5.74) is 3.77. The highest BCUT2D eigenvalue weighted by Gasteiger charge is 2.25. The number of nitrogens with zero attached hydrogens (tertiary/aromatic N) is 3. The first kappa shape index (κ1) is 19.2. The summed E-state index contributed by atoms with van der Waals surface area (Å²) < 4.78 is 1.73. The molecule has 0 radical (unpaired) electrons. The normalized spacial score (nSPS) is 14.6. The number of hydrogen-bond acceptors (Lipinski definition) is 3. The molecule has 4 rings (SSSR count). The lowest BCUT2D eigenvalue weighted by Gasteiger charge is -2.19. The Hall–Kier alpha value is -3.15. The molecule has 1 saturated heterocycles. The quantitative estimate of drug-likeness (QED) is 0.728. The number of carbonyl (C=O) groups excluding carboxylic acids is 2. The third-order valence-electron chi connectivity index (χ3n) is 5.48. The van der Waals surface area contributed by atoms with Gasteiger partial charge in [0, 0.05) is 25.0 Å². The molecule has 1 N–H and O–H groups in total. The standard InChI is InChI=1S/C23H26N4O2/c1-16-10-11-18(17(2)15-16)24-22(28)20-19-9-5-8-14-27(19)21(25-20)23(29)26-12-6-3-4-7-13-26/h5,8-11,14-15H,3-4,6-7,12-13H2,1-2H3,(H,24,28). The number of carbonyl (C=O) groups is 2. The van der Waals surface area contributed by atoms with Crippen molar-refractivity contribution in [3.63, 3.8) is 0 Å². The fraction of sp³-hybridized carbons (Fsp3) is 0.348. The van der Waals surface area contributed by atoms with Gasteiger partial charge >= 0.3 is 0 Å². The molecule has 1 fully saturated rings. The number of nitrogens with one attached hydrogen (secondary N) is 1. The minimum Gasteiger partial charge on any atom is -0.336 e. The lowest BCUT2D eigenvalue weighted by Crippen LogP contribution is -2.33. The monoisotopic (exact) mass is 390 g/mol. The Labute approximate surface area is 170 Å². The Kier molecular flexibility index (Phi) is 5.34. The molecule has 6 heteroatoms. The van der Waals surface area contributed by atoms with Crippen molar-refractivity contribution in [3.05, 3.63) is 65.2 Å². The van der Waals surface area contributed by atoms with Crippen molar-refractivity contribution < 1.29 is 9.59 Å². The van der Waals surface area contributed by atoms with E-state index in [1.54, 1.807) is 10.6 Å². The van der Waals surface area contributed by atoms with Crippen molar-refractivity contribution in [2.75, 3.05) is 18.4 Å². The van der Waals surface area contributed by atoms with Crippen LogP contribution < -0.4 is 5.32 Å². The van der Waals surface area contributed by atoms with Gasteiger partial charge in [0.2, 0.25) is 5.82 Å². The summed E-state index contributed by atoms with van der Waals surface area (Å²) in [5.74, 6) is -0.123. The number of fused-ring (bicyclic) bond motifs is 1. The summed E-state index contributed by atoms with van der Waals surface area (Å²) in [4.78, 5) is 32.5. The number of aryl methyl sites for hydroxylation is 2. The van der Waals surface area contributed by atoms with Crippen LogP contribution in [0.1, 0.15) is 57.9 Å². The van der Waals surface area contributed by atoms with E-state index in [1.807, 2.05) is 55.1 Å². The number of pyridine rings is 1. The largest absolute Gasteiger partial charge is 0.336 e. The van der Waals surface area contributed by atoms with Crippen molar-refractivity contribution >= 4 is 23.0 Å². The average Bonchev–Trinajstić information content (AvgIpc) is 2.89. The number of aromatic nitrogens is 2. The van der Waals surface area contributed by atoms with Crippen LogP contribution in [0.4, 0.5) is 5.69 Å². The highest BCUT2D eigenvalue weighted by molar-refractivity contribution is 6.09. The molecule has 1 aromatic carbocycles. The van der Waals surface area contributed by atoms with Crippen LogP contribution in [0.2, 0.25) is 0 Å². The Balaban J connectivity index is 1.68. The van der Waals surface area contributed by atoms with E-state index in [9.17, 15) is 9.59 Å². The number of rotatable bonds is 3. The molecule has 2 amide bonds. The topological polar surface area (TPSA) is 66.7 Å². The van der Waals surface area contributed by atoms with Crippen molar-refractivity contribution in [2.45, 2.75) is 39.5 Å². The SMILES string of the molecule is Cc1ccc(NC(=O)c2nc(C(=O)N3CCCCCC3)n3ccccc23)c(C)c1. The number of amides is 2. The predicted octanol–water partition coefficient (Wildman–Crippen LogP) is 4.22. The maximum atomic E-state index is 13.2. The molecular formula is C23H26N4O2. The van der Waals surface area contributed by atoms with E-state index in [-0.39, 0.29) is 17.5 Å². The average molecular weight is 390 g/mol. The van der Waals surface area contributed by atoms with Gasteiger partial charge in [-0.25, -0.2) is 4.98 Å². The molecule has 0 aliphatic carbocycles. The highest BCUT2D eigenvalue weighted by atomic mass is 16.2. The van der Waals surface area contributed by atoms with E-state index >= 15 is 0 Å². The van der Waals surface area contributed by atoms with Gasteiger partial charge < -0.3 is 10.2 Å². The van der Waals surface area contributed by atoms with E-state index in [0.717, 1.165) is 55.6 Å². The Bertz CT molecular complexity index is 1060. The number of likely N-dealkylation sites (tertiary alicyclic amines) is 1. The first-order valence-electron chi connectivity index (χ1n) is 10.2. The minimum atomic E-state index is -0.310. The highest BCUT2D eigenvalue weighted by Crippen LogP contribution is 2.21. The van der Waals surface area contributed by atoms with Crippen LogP contribution >= 0.6 is 0 Å². The molecule has 1 aliphatic heterocycles. The zero-order chi connectivity index (χ0) is 20.4. The van der Waals surface area contributed by atoms with Crippen LogP contribution in [-0.4, -0.2) is 39.2 Å². The van der Waals surface area contributed by atoms with Crippen molar-refractivity contribution in [1.29, 1.82) is 0 Å². The van der Waals surface area contributed by atoms with Gasteiger partial charge in [0.15, 0.2) is 5.69 Å². The Morgan fingerprint density at radius 1 is 1.00 bits per heavy atom. The number of imidazole rings is 1. The minimum absolute atomic E-state index is 0.112. The molecule has 0 atom stereocenters. The summed E-state index contributed by atoms with van der Waals surface area (Å²) in [7, 11) is 0. The van der Waals surface area contributed by atoms with Gasteiger partial charge in [0.25, 0.3) is 11.8 Å². The molecule has 6 nitrogen and oxygen atoms in total. The third kappa shape index (κ3) is 3.88. The summed E-state index contributed by atoms with van der Waals surface area (Å²) in [6.45, 7) is 5.46. The number of anilines is 1. The molecule has 29 heavy (non-hydrogen) atoms. The first-order chi connectivity index (χ1) is 14.0. The smallest absolute Gasteiger partial charge is 0.290 e. The van der Waals surface area contributed by atoms with Gasteiger partial charge in [0.1, 0.15) is 0 Å². The summed E-state index contributed by atoms with van der Waals surface area (Å²) in [6.07, 6.45) is 6.11. The molecule has 150 valence electrons. The second-order valence-corrected chi connectivity index (χ2v) is 7.72. The van der Waals surface area contributed by atoms with Gasteiger partial charge in [-0.05, 0) is 50.5 Å². The molecule has 0 saturated carbocycles. The van der Waals surface area contributed by atoms with Gasteiger partial charge in [-0.15, -0.1) is 0 Å². The second kappa shape index (κ2) is 8.07. The fourth-order valence-corrected chi connectivity index (χ4v) is 3.91. The van der Waals surface area contributed by atoms with E-state index in [1.165, 1.54) is 0 Å². The van der Waals surface area contributed by atoms with Crippen LogP contribution in [0.25, 0.3) is 5.52 Å². The molecule has 2 aromatic heterocycles. The molecule has 3 heterocycles. The van der Waals surface area contributed by atoms with E-state index in [0.29, 0.717) is 11.3 Å². The van der Waals surface area contributed by atoms with Crippen LogP contribution in [0, 0.1) is 13.8 Å². The molecule has 1 aliphatic rings. The van der Waals surface area contributed by atoms with Crippen molar-refractivity contribution in [1.82, 2.24) is 14.3 Å². The number of hydrogen-bond donors (Lipinski definition) is 1. The van der Waals surface area contributed by atoms with Crippen molar-refractivity contribution in [3.8, 4) is 0 Å². The zero-order valence-corrected chi connectivity index (χ0v) is 16.9. The lowest BCUT2D eigenvalue weighted by atomic mass is 10.1. The maximum Gasteiger partial charge on any atom is 0.290 e. The fourth-order valence-electron chi connectivity index (χ4n) is 3.91. The molecular weight excluding hydrogens is 364 g/mol. The van der Waals surface area contributed by atoms with Crippen LogP contribution in [-0.2, 0) is 0 Å². The number of benzene rings is 1. The molecule has 0 spiro atoms. The molecule has 0 unspecified atom stereocenters. The van der Waals surface area contributed by atoms with Crippen molar-refractivity contribution in [2.24, 2.45) is 0 Å². The zero-order valence-electron chi connectivity index (χ0n) is 16.9. The molecule has 3 aromatic rings. The van der Waals surface area contributed by atoms with Gasteiger partial charge in [0.05, 0.1) is 5.52 Å². The summed E-state index contributed by atoms with van der Waals surface area (Å²) in [5, 5.41) is 2.95.